The van der Waals surface area contributed by atoms with Gasteiger partial charge < -0.3 is 9.84 Å². The van der Waals surface area contributed by atoms with Crippen LogP contribution in [-0.2, 0) is 14.3 Å². The van der Waals surface area contributed by atoms with E-state index in [1.807, 2.05) is 19.9 Å². The molecule has 7 atom stereocenters. The van der Waals surface area contributed by atoms with Crippen molar-refractivity contribution in [2.24, 2.45) is 44.3 Å². The van der Waals surface area contributed by atoms with Gasteiger partial charge in [-0.2, -0.15) is 5.26 Å². The van der Waals surface area contributed by atoms with Crippen LogP contribution in [-0.4, -0.2) is 36.0 Å². The fourth-order valence-electron chi connectivity index (χ4n) is 10.3. The number of carbonyl (C=O) groups is 2. The molecule has 0 amide bonds. The molecule has 0 aliphatic heterocycles. The summed E-state index contributed by atoms with van der Waals surface area (Å²) in [7, 11) is 1.73. The van der Waals surface area contributed by atoms with E-state index >= 15 is 0 Å². The third-order valence-electron chi connectivity index (χ3n) is 12.7. The lowest BCUT2D eigenvalue weighted by molar-refractivity contribution is -0.251. The summed E-state index contributed by atoms with van der Waals surface area (Å²) in [6, 6.07) is 2.16. The van der Waals surface area contributed by atoms with Crippen molar-refractivity contribution in [3.05, 3.63) is 23.3 Å². The summed E-state index contributed by atoms with van der Waals surface area (Å²) >= 11 is 0. The highest BCUT2D eigenvalue weighted by molar-refractivity contribution is 6.05. The highest BCUT2D eigenvalue weighted by Gasteiger charge is 2.75. The lowest BCUT2D eigenvalue weighted by Gasteiger charge is -2.71. The maximum absolute atomic E-state index is 14.4. The van der Waals surface area contributed by atoms with Gasteiger partial charge in [-0.1, -0.05) is 54.5 Å². The van der Waals surface area contributed by atoms with Gasteiger partial charge in [0.1, 0.15) is 11.7 Å². The van der Waals surface area contributed by atoms with Crippen LogP contribution >= 0.6 is 0 Å². The molecular weight excluding hydrogens is 462 g/mol. The molecule has 0 saturated heterocycles. The van der Waals surface area contributed by atoms with Crippen molar-refractivity contribution >= 4 is 11.6 Å². The van der Waals surface area contributed by atoms with Crippen molar-refractivity contribution in [2.75, 3.05) is 13.7 Å². The number of hydrogen-bond donors (Lipinski definition) is 1. The predicted octanol–water partition coefficient (Wildman–Crippen LogP) is 5.97. The molecule has 0 radical (unpaired) electrons. The first-order valence-corrected chi connectivity index (χ1v) is 14.2. The average molecular weight is 508 g/mol. The Balaban J connectivity index is 1.73. The minimum Gasteiger partial charge on any atom is -0.384 e. The molecule has 3 fully saturated rings. The number of hydrogen-bond acceptors (Lipinski definition) is 5. The first-order chi connectivity index (χ1) is 17.0. The third-order valence-corrected chi connectivity index (χ3v) is 12.7. The SMILES string of the molecule is COC[C@]12CCC(C)(C)CC1[C@@]1(O)C(=O)C=C3[C@@]4(C)C=C(C#N)C(=O)C(C)(C)[C@@H]4CC[C@@]3(C)[C@]1(C)CC2. The molecule has 1 N–H and O–H groups in total. The lowest BCUT2D eigenvalue weighted by Crippen LogP contribution is -2.74. The van der Waals surface area contributed by atoms with Crippen LogP contribution in [0.4, 0.5) is 0 Å². The summed E-state index contributed by atoms with van der Waals surface area (Å²) < 4.78 is 5.77. The standard InChI is InChI=1S/C32H45NO4/c1-26(2)11-13-31(19-37-8)14-12-30(7)29(6)10-9-21-27(3,4)25(35)20(18-33)16-28(21,5)22(29)15-24(34)32(30,36)23(31)17-26/h15-16,21,23,36H,9-14,17,19H2,1-8H3/t21-,23?,28-,29+,30-,31+,32+/m0/s1. The van der Waals surface area contributed by atoms with E-state index in [4.69, 9.17) is 4.74 Å². The van der Waals surface area contributed by atoms with Crippen LogP contribution < -0.4 is 0 Å². The highest BCUT2D eigenvalue weighted by Crippen LogP contribution is 2.75. The Kier molecular flexibility index (Phi) is 5.56. The Morgan fingerprint density at radius 3 is 2.27 bits per heavy atom. The molecule has 0 aromatic carbocycles. The molecule has 5 nitrogen and oxygen atoms in total. The Labute approximate surface area is 222 Å². The number of fused-ring (bicyclic) bond motifs is 7. The van der Waals surface area contributed by atoms with Crippen molar-refractivity contribution in [1.82, 2.24) is 0 Å². The second kappa shape index (κ2) is 7.66. The van der Waals surface area contributed by atoms with Gasteiger partial charge in [0, 0.05) is 29.3 Å². The van der Waals surface area contributed by atoms with Gasteiger partial charge in [0.05, 0.1) is 12.2 Å². The Morgan fingerprint density at radius 1 is 1.00 bits per heavy atom. The van der Waals surface area contributed by atoms with E-state index in [2.05, 4.69) is 40.7 Å². The van der Waals surface area contributed by atoms with E-state index in [1.54, 1.807) is 13.2 Å². The first kappa shape index (κ1) is 26.8. The zero-order chi connectivity index (χ0) is 27.4. The number of allylic oxidation sites excluding steroid dienone is 3. The zero-order valence-electron chi connectivity index (χ0n) is 24.1. The molecule has 1 unspecified atom stereocenters. The smallest absolute Gasteiger partial charge is 0.188 e. The minimum atomic E-state index is -1.48. The molecule has 5 aliphatic rings. The Bertz CT molecular complexity index is 1170. The van der Waals surface area contributed by atoms with Gasteiger partial charge in [-0.3, -0.25) is 9.59 Å². The molecular formula is C32H45NO4. The maximum Gasteiger partial charge on any atom is 0.188 e. The molecule has 202 valence electrons. The van der Waals surface area contributed by atoms with Crippen LogP contribution in [0.5, 0.6) is 0 Å². The van der Waals surface area contributed by atoms with Gasteiger partial charge in [0.15, 0.2) is 11.6 Å². The molecule has 0 aromatic rings. The van der Waals surface area contributed by atoms with Gasteiger partial charge in [-0.15, -0.1) is 0 Å². The minimum absolute atomic E-state index is 0.00342. The van der Waals surface area contributed by atoms with Gasteiger partial charge in [-0.05, 0) is 78.8 Å². The van der Waals surface area contributed by atoms with Crippen molar-refractivity contribution in [3.63, 3.8) is 0 Å². The number of nitrogens with zero attached hydrogens (tertiary/aromatic N) is 1. The topological polar surface area (TPSA) is 87.4 Å². The summed E-state index contributed by atoms with van der Waals surface area (Å²) in [4.78, 5) is 27.6. The number of carbonyl (C=O) groups excluding carboxylic acids is 2. The van der Waals surface area contributed by atoms with Crippen LogP contribution in [0.3, 0.4) is 0 Å². The summed E-state index contributed by atoms with van der Waals surface area (Å²) in [6.07, 6.45) is 9.75. The molecule has 0 bridgehead atoms. The summed E-state index contributed by atoms with van der Waals surface area (Å²) in [6.45, 7) is 15.5. The van der Waals surface area contributed by atoms with Gasteiger partial charge in [0.25, 0.3) is 0 Å². The van der Waals surface area contributed by atoms with E-state index in [1.165, 1.54) is 0 Å². The van der Waals surface area contributed by atoms with Gasteiger partial charge in [0.2, 0.25) is 0 Å². The number of nitriles is 1. The van der Waals surface area contributed by atoms with Gasteiger partial charge in [-0.25, -0.2) is 0 Å². The van der Waals surface area contributed by atoms with Crippen LogP contribution in [0, 0.1) is 55.7 Å². The molecule has 5 heteroatoms. The molecule has 0 heterocycles. The van der Waals surface area contributed by atoms with Crippen molar-refractivity contribution in [3.8, 4) is 6.07 Å². The maximum atomic E-state index is 14.4. The number of Topliss-reactive ketones (excluding diaryl/α,β-unsaturated/α-hetero) is 1. The molecule has 0 spiro atoms. The third kappa shape index (κ3) is 3.04. The van der Waals surface area contributed by atoms with Gasteiger partial charge >= 0.3 is 0 Å². The zero-order valence-corrected chi connectivity index (χ0v) is 24.1. The average Bonchev–Trinajstić information content (AvgIpc) is 2.81. The number of methoxy groups -OCH3 is 1. The Hall–Kier alpha value is -1.77. The number of rotatable bonds is 2. The predicted molar refractivity (Wildman–Crippen MR) is 142 cm³/mol. The summed E-state index contributed by atoms with van der Waals surface area (Å²) in [5, 5.41) is 22.8. The summed E-state index contributed by atoms with van der Waals surface area (Å²) in [5.74, 6) is -0.465. The van der Waals surface area contributed by atoms with E-state index in [0.717, 1.165) is 50.5 Å². The van der Waals surface area contributed by atoms with Crippen molar-refractivity contribution < 1.29 is 19.4 Å². The highest BCUT2D eigenvalue weighted by atomic mass is 16.5. The largest absolute Gasteiger partial charge is 0.384 e. The van der Waals surface area contributed by atoms with Crippen LogP contribution in [0.2, 0.25) is 0 Å². The Morgan fingerprint density at radius 2 is 1.65 bits per heavy atom. The van der Waals surface area contributed by atoms with Crippen molar-refractivity contribution in [1.29, 1.82) is 5.26 Å². The van der Waals surface area contributed by atoms with E-state index in [9.17, 15) is 20.0 Å². The summed E-state index contributed by atoms with van der Waals surface area (Å²) in [5.41, 5.74) is -2.81. The normalized spacial score (nSPS) is 47.9. The fourth-order valence-corrected chi connectivity index (χ4v) is 10.3. The fraction of sp³-hybridized carbons (Fsp3) is 0.781. The molecule has 0 aromatic heterocycles. The number of ether oxygens (including phenoxy) is 1. The van der Waals surface area contributed by atoms with E-state index < -0.39 is 27.3 Å². The van der Waals surface area contributed by atoms with Crippen LogP contribution in [0.15, 0.2) is 23.3 Å². The van der Waals surface area contributed by atoms with Crippen molar-refractivity contribution in [2.45, 2.75) is 99.0 Å². The molecule has 5 aliphatic carbocycles. The monoisotopic (exact) mass is 507 g/mol. The van der Waals surface area contributed by atoms with Crippen LogP contribution in [0.25, 0.3) is 0 Å². The van der Waals surface area contributed by atoms with E-state index in [0.29, 0.717) is 6.61 Å². The molecule has 5 rings (SSSR count). The van der Waals surface area contributed by atoms with Crippen LogP contribution in [0.1, 0.15) is 93.4 Å². The molecule has 3 saturated carbocycles. The number of ketones is 2. The lowest BCUT2D eigenvalue weighted by atomic mass is 9.33. The van der Waals surface area contributed by atoms with E-state index in [-0.39, 0.29) is 39.8 Å². The second-order valence-corrected chi connectivity index (χ2v) is 15.2. The second-order valence-electron chi connectivity index (χ2n) is 15.2. The molecule has 37 heavy (non-hydrogen) atoms. The quantitative estimate of drug-likeness (QED) is 0.498. The number of aliphatic hydroxyl groups is 1. The first-order valence-electron chi connectivity index (χ1n) is 14.2.